The maximum Gasteiger partial charge on any atom is 0.142 e. The van der Waals surface area contributed by atoms with Gasteiger partial charge in [-0.1, -0.05) is 24.3 Å². The van der Waals surface area contributed by atoms with Gasteiger partial charge in [-0.25, -0.2) is 4.99 Å². The predicted octanol–water partition coefficient (Wildman–Crippen LogP) is 1.07. The number of nitrogens with one attached hydrogen (secondary N) is 1. The summed E-state index contributed by atoms with van der Waals surface area (Å²) in [6.07, 6.45) is 1.78. The number of hydrogen-bond donors (Lipinski definition) is 1. The number of anilines is 1. The van der Waals surface area contributed by atoms with Crippen LogP contribution in [0.1, 0.15) is 0 Å². The third-order valence-corrected chi connectivity index (χ3v) is 3.13. The van der Waals surface area contributed by atoms with Gasteiger partial charge >= 0.3 is 0 Å². The molecule has 2 aromatic rings. The van der Waals surface area contributed by atoms with Crippen molar-refractivity contribution in [2.24, 2.45) is 10.1 Å². The van der Waals surface area contributed by atoms with Crippen LogP contribution in [-0.4, -0.2) is 6.34 Å². The molecule has 0 saturated heterocycles. The first-order chi connectivity index (χ1) is 8.93. The average Bonchev–Trinajstić information content (AvgIpc) is 2.84. The molecule has 4 nitrogen and oxygen atoms in total. The molecule has 0 amide bonds. The predicted molar refractivity (Wildman–Crippen MR) is 70.8 cm³/mol. The Morgan fingerprint density at radius 3 is 2.78 bits per heavy atom. The molecule has 4 heteroatoms. The topological polar surface area (TPSA) is 40.0 Å². The van der Waals surface area contributed by atoms with Crippen molar-refractivity contribution < 1.29 is 0 Å². The lowest BCUT2D eigenvalue weighted by molar-refractivity contribution is 1.01. The molecule has 0 atom stereocenters. The van der Waals surface area contributed by atoms with Crippen LogP contribution in [0.15, 0.2) is 58.6 Å². The summed E-state index contributed by atoms with van der Waals surface area (Å²) >= 11 is 0. The number of benzene rings is 2. The summed E-state index contributed by atoms with van der Waals surface area (Å²) in [5, 5.41) is 6.16. The normalized spacial score (nSPS) is 15.1. The highest BCUT2D eigenvalue weighted by Crippen LogP contribution is 2.30. The molecule has 1 N–H and O–H groups in total. The number of fused-ring (bicyclic) bond motifs is 4. The molecule has 2 heterocycles. The van der Waals surface area contributed by atoms with Gasteiger partial charge < -0.3 is 0 Å². The molecule has 2 aliphatic heterocycles. The number of rotatable bonds is 0. The largest absolute Gasteiger partial charge is 0.281 e. The molecule has 0 aromatic heterocycles. The lowest BCUT2D eigenvalue weighted by Gasteiger charge is -2.16. The van der Waals surface area contributed by atoms with Crippen LogP contribution in [0.2, 0.25) is 0 Å². The van der Waals surface area contributed by atoms with E-state index in [9.17, 15) is 0 Å². The smallest absolute Gasteiger partial charge is 0.142 e. The number of para-hydroxylation sites is 3. The number of nitrogens with zero attached hydrogens (tertiary/aromatic N) is 3. The third-order valence-electron chi connectivity index (χ3n) is 3.13. The quantitative estimate of drug-likeness (QED) is 0.740. The van der Waals surface area contributed by atoms with E-state index >= 15 is 0 Å². The zero-order valence-electron chi connectivity index (χ0n) is 9.54. The van der Waals surface area contributed by atoms with Crippen LogP contribution in [-0.2, 0) is 0 Å². The minimum atomic E-state index is 0.954. The van der Waals surface area contributed by atoms with E-state index in [1.807, 2.05) is 47.4 Å². The van der Waals surface area contributed by atoms with E-state index in [1.54, 1.807) is 6.34 Å². The first kappa shape index (κ1) is 9.41. The van der Waals surface area contributed by atoms with Gasteiger partial charge in [0.15, 0.2) is 0 Å². The Kier molecular flexibility index (Phi) is 1.80. The summed E-state index contributed by atoms with van der Waals surface area (Å²) in [6.45, 7) is 0. The SMILES string of the molecule is C1=NNC2=c3ccccc3=Nc3ccccc3N12. The fourth-order valence-electron chi connectivity index (χ4n) is 2.30. The van der Waals surface area contributed by atoms with Crippen molar-refractivity contribution in [2.75, 3.05) is 4.90 Å². The molecule has 4 rings (SSSR count). The van der Waals surface area contributed by atoms with Crippen LogP contribution in [0.5, 0.6) is 0 Å². The molecule has 2 aromatic carbocycles. The average molecular weight is 234 g/mol. The van der Waals surface area contributed by atoms with Gasteiger partial charge in [-0.3, -0.25) is 10.3 Å². The van der Waals surface area contributed by atoms with E-state index in [2.05, 4.69) is 16.6 Å². The zero-order chi connectivity index (χ0) is 11.9. The second-order valence-corrected chi connectivity index (χ2v) is 4.19. The Hall–Kier alpha value is -2.62. The Balaban J connectivity index is 2.18. The molecule has 0 aliphatic carbocycles. The Morgan fingerprint density at radius 1 is 0.944 bits per heavy atom. The zero-order valence-corrected chi connectivity index (χ0v) is 9.54. The van der Waals surface area contributed by atoms with Crippen molar-refractivity contribution in [3.8, 4) is 0 Å². The third kappa shape index (κ3) is 1.20. The van der Waals surface area contributed by atoms with Crippen LogP contribution in [0.25, 0.3) is 5.82 Å². The summed E-state index contributed by atoms with van der Waals surface area (Å²) in [7, 11) is 0. The van der Waals surface area contributed by atoms with Crippen molar-refractivity contribution in [1.29, 1.82) is 0 Å². The maximum atomic E-state index is 4.72. The van der Waals surface area contributed by atoms with Gasteiger partial charge in [0, 0.05) is 5.22 Å². The van der Waals surface area contributed by atoms with Gasteiger partial charge in [0.1, 0.15) is 12.2 Å². The van der Waals surface area contributed by atoms with Crippen molar-refractivity contribution >= 4 is 23.5 Å². The van der Waals surface area contributed by atoms with Gasteiger partial charge in [-0.05, 0) is 24.3 Å². The Bertz CT molecular complexity index is 776. The molecule has 0 radical (unpaired) electrons. The van der Waals surface area contributed by atoms with E-state index in [4.69, 9.17) is 4.99 Å². The van der Waals surface area contributed by atoms with Gasteiger partial charge in [-0.15, -0.1) is 0 Å². The van der Waals surface area contributed by atoms with E-state index < -0.39 is 0 Å². The van der Waals surface area contributed by atoms with Gasteiger partial charge in [-0.2, -0.15) is 5.10 Å². The van der Waals surface area contributed by atoms with E-state index in [1.165, 1.54) is 0 Å². The standard InChI is InChI=1S/C14H10N4/c1-2-6-11-10(5-1)14-17-15-9-18(14)13-8-4-3-7-12(13)16-11/h1-9,17H. The first-order valence-electron chi connectivity index (χ1n) is 5.79. The van der Waals surface area contributed by atoms with Crippen LogP contribution in [0, 0.1) is 0 Å². The molecule has 0 bridgehead atoms. The molecule has 0 fully saturated rings. The molecule has 2 aliphatic rings. The first-order valence-corrected chi connectivity index (χ1v) is 5.79. The monoisotopic (exact) mass is 234 g/mol. The summed E-state index contributed by atoms with van der Waals surface area (Å²) in [5.74, 6) is 0.958. The van der Waals surface area contributed by atoms with Gasteiger partial charge in [0.2, 0.25) is 0 Å². The summed E-state index contributed by atoms with van der Waals surface area (Å²) in [6, 6.07) is 16.1. The highest BCUT2D eigenvalue weighted by molar-refractivity contribution is 5.98. The molecular weight excluding hydrogens is 224 g/mol. The van der Waals surface area contributed by atoms with Crippen LogP contribution in [0.3, 0.4) is 0 Å². The highest BCUT2D eigenvalue weighted by Gasteiger charge is 2.20. The molecule has 86 valence electrons. The van der Waals surface area contributed by atoms with Crippen LogP contribution in [0.4, 0.5) is 11.4 Å². The fourth-order valence-corrected chi connectivity index (χ4v) is 2.30. The molecular formula is C14H10N4. The second-order valence-electron chi connectivity index (χ2n) is 4.19. The van der Waals surface area contributed by atoms with Crippen molar-refractivity contribution in [3.63, 3.8) is 0 Å². The van der Waals surface area contributed by atoms with Crippen LogP contribution < -0.4 is 20.9 Å². The molecule has 0 unspecified atom stereocenters. The minimum Gasteiger partial charge on any atom is -0.281 e. The summed E-state index contributed by atoms with van der Waals surface area (Å²) in [5.41, 5.74) is 5.04. The highest BCUT2D eigenvalue weighted by atomic mass is 15.5. The van der Waals surface area contributed by atoms with Gasteiger partial charge in [0.05, 0.1) is 16.7 Å². The fraction of sp³-hybridized carbons (Fsp3) is 0. The summed E-state index contributed by atoms with van der Waals surface area (Å²) in [4.78, 5) is 6.75. The maximum absolute atomic E-state index is 4.72. The van der Waals surface area contributed by atoms with Crippen molar-refractivity contribution in [2.45, 2.75) is 0 Å². The Morgan fingerprint density at radius 2 is 1.78 bits per heavy atom. The van der Waals surface area contributed by atoms with Gasteiger partial charge in [0.25, 0.3) is 0 Å². The number of hydrogen-bond acceptors (Lipinski definition) is 4. The molecule has 18 heavy (non-hydrogen) atoms. The van der Waals surface area contributed by atoms with Crippen LogP contribution >= 0.6 is 0 Å². The van der Waals surface area contributed by atoms with Crippen molar-refractivity contribution in [3.05, 3.63) is 59.1 Å². The molecule has 0 spiro atoms. The Labute approximate surface area is 104 Å². The molecule has 0 saturated carbocycles. The lowest BCUT2D eigenvalue weighted by Crippen LogP contribution is -2.33. The van der Waals surface area contributed by atoms with E-state index in [0.29, 0.717) is 0 Å². The summed E-state index contributed by atoms with van der Waals surface area (Å²) < 4.78 is 0. The van der Waals surface area contributed by atoms with E-state index in [-0.39, 0.29) is 0 Å². The second kappa shape index (κ2) is 3.43. The van der Waals surface area contributed by atoms with Crippen molar-refractivity contribution in [1.82, 2.24) is 5.43 Å². The number of hydrazone groups is 1. The lowest BCUT2D eigenvalue weighted by atomic mass is 10.2. The van der Waals surface area contributed by atoms with E-state index in [0.717, 1.165) is 27.8 Å². The minimum absolute atomic E-state index is 0.954.